The minimum atomic E-state index is -3.97. The number of esters is 1. The van der Waals surface area contributed by atoms with E-state index in [1.54, 1.807) is 56.3 Å². The van der Waals surface area contributed by atoms with Gasteiger partial charge in [-0.15, -0.1) is 0 Å². The Kier molecular flexibility index (Phi) is 6.45. The average Bonchev–Trinajstić information content (AvgIpc) is 2.79. The highest BCUT2D eigenvalue weighted by molar-refractivity contribution is 7.92. The van der Waals surface area contributed by atoms with Gasteiger partial charge in [0.15, 0.2) is 0 Å². The molecule has 1 aromatic heterocycles. The monoisotopic (exact) mass is 497 g/mol. The molecule has 0 amide bonds. The van der Waals surface area contributed by atoms with E-state index in [0.29, 0.717) is 11.1 Å². The molecule has 0 aliphatic carbocycles. The number of anilines is 1. The number of benzene rings is 3. The SMILES string of the molecule is CCN(c1ccccc1)S(=O)(=O)c1ccc(Cl)c(C(=O)Oc2ccc3c(C)cc(=O)oc3c2)c1. The Morgan fingerprint density at radius 3 is 2.47 bits per heavy atom. The summed E-state index contributed by atoms with van der Waals surface area (Å²) in [7, 11) is -3.97. The molecular weight excluding hydrogens is 478 g/mol. The highest BCUT2D eigenvalue weighted by atomic mass is 35.5. The molecule has 3 aromatic carbocycles. The summed E-state index contributed by atoms with van der Waals surface area (Å²) >= 11 is 6.21. The van der Waals surface area contributed by atoms with Gasteiger partial charge < -0.3 is 9.15 Å². The first kappa shape index (κ1) is 23.5. The third kappa shape index (κ3) is 4.55. The lowest BCUT2D eigenvalue weighted by Crippen LogP contribution is -2.31. The Balaban J connectivity index is 1.67. The third-order valence-electron chi connectivity index (χ3n) is 5.21. The molecule has 0 aliphatic heterocycles. The van der Waals surface area contributed by atoms with Crippen LogP contribution in [0, 0.1) is 6.92 Å². The van der Waals surface area contributed by atoms with Crippen molar-refractivity contribution < 1.29 is 22.4 Å². The highest BCUT2D eigenvalue weighted by Crippen LogP contribution is 2.28. The van der Waals surface area contributed by atoms with Crippen LogP contribution in [0.15, 0.2) is 86.9 Å². The zero-order valence-electron chi connectivity index (χ0n) is 18.3. The summed E-state index contributed by atoms with van der Waals surface area (Å²) in [6.45, 7) is 3.68. The van der Waals surface area contributed by atoms with E-state index in [1.807, 2.05) is 0 Å². The number of halogens is 1. The van der Waals surface area contributed by atoms with Crippen LogP contribution >= 0.6 is 11.6 Å². The number of ether oxygens (including phenoxy) is 1. The number of sulfonamides is 1. The van der Waals surface area contributed by atoms with Crippen LogP contribution in [0.2, 0.25) is 5.02 Å². The molecule has 0 spiro atoms. The molecule has 7 nitrogen and oxygen atoms in total. The Labute approximate surface area is 201 Å². The van der Waals surface area contributed by atoms with Crippen molar-refractivity contribution in [3.63, 3.8) is 0 Å². The van der Waals surface area contributed by atoms with Crippen molar-refractivity contribution in [2.75, 3.05) is 10.8 Å². The molecule has 0 fully saturated rings. The zero-order valence-corrected chi connectivity index (χ0v) is 19.9. The largest absolute Gasteiger partial charge is 0.423 e. The van der Waals surface area contributed by atoms with Crippen molar-refractivity contribution >= 4 is 44.3 Å². The molecule has 0 saturated heterocycles. The number of aryl methyl sites for hydroxylation is 1. The van der Waals surface area contributed by atoms with E-state index in [4.69, 9.17) is 20.8 Å². The Morgan fingerprint density at radius 1 is 1.03 bits per heavy atom. The fourth-order valence-electron chi connectivity index (χ4n) is 3.56. The van der Waals surface area contributed by atoms with Crippen LogP contribution in [0.4, 0.5) is 5.69 Å². The Morgan fingerprint density at radius 2 is 1.76 bits per heavy atom. The number of rotatable bonds is 6. The van der Waals surface area contributed by atoms with Crippen molar-refractivity contribution in [3.05, 3.63) is 99.4 Å². The summed E-state index contributed by atoms with van der Waals surface area (Å²) < 4.78 is 38.4. The molecular formula is C25H20ClNO6S. The minimum Gasteiger partial charge on any atom is -0.423 e. The maximum atomic E-state index is 13.3. The smallest absolute Gasteiger partial charge is 0.345 e. The highest BCUT2D eigenvalue weighted by Gasteiger charge is 2.26. The molecule has 0 atom stereocenters. The van der Waals surface area contributed by atoms with Gasteiger partial charge in [-0.2, -0.15) is 0 Å². The van der Waals surface area contributed by atoms with Gasteiger partial charge in [0.1, 0.15) is 11.3 Å². The van der Waals surface area contributed by atoms with Crippen LogP contribution in [-0.2, 0) is 10.0 Å². The second-order valence-electron chi connectivity index (χ2n) is 7.44. The topological polar surface area (TPSA) is 93.9 Å². The molecule has 0 saturated carbocycles. The second kappa shape index (κ2) is 9.32. The van der Waals surface area contributed by atoms with Crippen molar-refractivity contribution in [3.8, 4) is 5.75 Å². The van der Waals surface area contributed by atoms with Gasteiger partial charge in [-0.3, -0.25) is 4.31 Å². The third-order valence-corrected chi connectivity index (χ3v) is 7.44. The van der Waals surface area contributed by atoms with Gasteiger partial charge in [-0.25, -0.2) is 18.0 Å². The average molecular weight is 498 g/mol. The zero-order chi connectivity index (χ0) is 24.5. The molecule has 0 radical (unpaired) electrons. The molecule has 4 rings (SSSR count). The summed E-state index contributed by atoms with van der Waals surface area (Å²) in [6.07, 6.45) is 0. The number of carbonyl (C=O) groups is 1. The fourth-order valence-corrected chi connectivity index (χ4v) is 5.26. The van der Waals surface area contributed by atoms with E-state index in [-0.39, 0.29) is 33.4 Å². The number of fused-ring (bicyclic) bond motifs is 1. The van der Waals surface area contributed by atoms with Crippen LogP contribution in [-0.4, -0.2) is 20.9 Å². The molecule has 1 heterocycles. The van der Waals surface area contributed by atoms with Crippen LogP contribution in [0.1, 0.15) is 22.8 Å². The predicted molar refractivity (Wildman–Crippen MR) is 130 cm³/mol. The van der Waals surface area contributed by atoms with Crippen LogP contribution in [0.3, 0.4) is 0 Å². The van der Waals surface area contributed by atoms with Crippen molar-refractivity contribution in [1.29, 1.82) is 0 Å². The summed E-state index contributed by atoms with van der Waals surface area (Å²) in [5.74, 6) is -0.728. The van der Waals surface area contributed by atoms with E-state index in [0.717, 1.165) is 5.56 Å². The molecule has 0 unspecified atom stereocenters. The number of hydrogen-bond acceptors (Lipinski definition) is 6. The summed E-state index contributed by atoms with van der Waals surface area (Å²) in [5, 5.41) is 0.737. The van der Waals surface area contributed by atoms with E-state index < -0.39 is 21.6 Å². The molecule has 0 bridgehead atoms. The van der Waals surface area contributed by atoms with Gasteiger partial charge in [0.25, 0.3) is 10.0 Å². The van der Waals surface area contributed by atoms with Gasteiger partial charge in [0.05, 0.1) is 21.2 Å². The normalized spacial score (nSPS) is 11.4. The van der Waals surface area contributed by atoms with E-state index in [2.05, 4.69) is 0 Å². The van der Waals surface area contributed by atoms with Gasteiger partial charge >= 0.3 is 11.6 Å². The maximum Gasteiger partial charge on any atom is 0.345 e. The summed E-state index contributed by atoms with van der Waals surface area (Å²) in [4.78, 5) is 24.4. The lowest BCUT2D eigenvalue weighted by atomic mass is 10.1. The van der Waals surface area contributed by atoms with Crippen molar-refractivity contribution in [2.45, 2.75) is 18.7 Å². The first-order chi connectivity index (χ1) is 16.2. The molecule has 9 heteroatoms. The van der Waals surface area contributed by atoms with Crippen molar-refractivity contribution in [1.82, 2.24) is 0 Å². The van der Waals surface area contributed by atoms with Crippen LogP contribution in [0.25, 0.3) is 11.0 Å². The predicted octanol–water partition coefficient (Wildman–Crippen LogP) is 5.19. The van der Waals surface area contributed by atoms with Gasteiger partial charge in [0.2, 0.25) is 0 Å². The Hall–Kier alpha value is -3.62. The molecule has 0 aliphatic rings. The number of carbonyl (C=O) groups excluding carboxylic acids is 1. The lowest BCUT2D eigenvalue weighted by Gasteiger charge is -2.23. The maximum absolute atomic E-state index is 13.3. The van der Waals surface area contributed by atoms with Gasteiger partial charge in [-0.1, -0.05) is 29.8 Å². The van der Waals surface area contributed by atoms with E-state index >= 15 is 0 Å². The van der Waals surface area contributed by atoms with Gasteiger partial charge in [0, 0.05) is 24.1 Å². The fraction of sp³-hybridized carbons (Fsp3) is 0.120. The van der Waals surface area contributed by atoms with E-state index in [1.165, 1.54) is 34.6 Å². The summed E-state index contributed by atoms with van der Waals surface area (Å²) in [5.41, 5.74) is 0.853. The number of para-hydroxylation sites is 1. The quantitative estimate of drug-likeness (QED) is 0.207. The first-order valence-electron chi connectivity index (χ1n) is 10.3. The standard InChI is InChI=1S/C25H20ClNO6S/c1-3-27(17-7-5-4-6-8-17)34(30,31)19-10-12-22(26)21(15-19)25(29)32-18-9-11-20-16(2)13-24(28)33-23(20)14-18/h4-15H,3H2,1-2H3. The van der Waals surface area contributed by atoms with E-state index in [9.17, 15) is 18.0 Å². The first-order valence-corrected chi connectivity index (χ1v) is 12.2. The molecule has 4 aromatic rings. The lowest BCUT2D eigenvalue weighted by molar-refractivity contribution is 0.0735. The Bertz CT molecular complexity index is 1550. The summed E-state index contributed by atoms with van der Waals surface area (Å²) in [6, 6.07) is 18.5. The van der Waals surface area contributed by atoms with Crippen LogP contribution in [0.5, 0.6) is 5.75 Å². The molecule has 174 valence electrons. The van der Waals surface area contributed by atoms with Gasteiger partial charge in [-0.05, 0) is 61.9 Å². The number of hydrogen-bond donors (Lipinski definition) is 0. The molecule has 0 N–H and O–H groups in total. The number of nitrogens with zero attached hydrogens (tertiary/aromatic N) is 1. The second-order valence-corrected chi connectivity index (χ2v) is 9.71. The van der Waals surface area contributed by atoms with Crippen LogP contribution < -0.4 is 14.7 Å². The van der Waals surface area contributed by atoms with Crippen molar-refractivity contribution in [2.24, 2.45) is 0 Å². The molecule has 34 heavy (non-hydrogen) atoms. The minimum absolute atomic E-state index is 0.0369.